The molecule has 2 amide bonds. The molecule has 28 heavy (non-hydrogen) atoms. The van der Waals surface area contributed by atoms with Crippen molar-refractivity contribution in [3.8, 4) is 11.5 Å². The molecule has 3 rings (SSSR count). The van der Waals surface area contributed by atoms with Gasteiger partial charge in [0.1, 0.15) is 17.3 Å². The molecular formula is C21H20N2O5. The summed E-state index contributed by atoms with van der Waals surface area (Å²) in [5, 5.41) is 5.49. The van der Waals surface area contributed by atoms with Gasteiger partial charge in [0, 0.05) is 5.69 Å². The first-order valence-corrected chi connectivity index (χ1v) is 8.62. The highest BCUT2D eigenvalue weighted by atomic mass is 16.5. The Bertz CT molecular complexity index is 920. The fourth-order valence-electron chi connectivity index (χ4n) is 2.46. The first-order chi connectivity index (χ1) is 13.7. The van der Waals surface area contributed by atoms with Crippen LogP contribution in [0.5, 0.6) is 11.5 Å². The van der Waals surface area contributed by atoms with E-state index in [1.807, 2.05) is 0 Å². The number of nitrogens with one attached hydrogen (secondary N) is 2. The van der Waals surface area contributed by atoms with E-state index in [2.05, 4.69) is 10.6 Å². The SMILES string of the molecule is COc1ccccc1C(=O)Nc1ccc(OCC(=O)NCc2ccco2)cc1. The summed E-state index contributed by atoms with van der Waals surface area (Å²) in [7, 11) is 1.52. The van der Waals surface area contributed by atoms with Gasteiger partial charge >= 0.3 is 0 Å². The van der Waals surface area contributed by atoms with Gasteiger partial charge in [-0.2, -0.15) is 0 Å². The molecule has 0 aliphatic heterocycles. The summed E-state index contributed by atoms with van der Waals surface area (Å²) >= 11 is 0. The molecule has 0 saturated heterocycles. The predicted octanol–water partition coefficient (Wildman–Crippen LogP) is 3.24. The van der Waals surface area contributed by atoms with Crippen LogP contribution in [-0.2, 0) is 11.3 Å². The summed E-state index contributed by atoms with van der Waals surface area (Å²) in [6.45, 7) is 0.191. The van der Waals surface area contributed by atoms with E-state index in [-0.39, 0.29) is 18.4 Å². The van der Waals surface area contributed by atoms with Crippen LogP contribution in [0.3, 0.4) is 0 Å². The second-order valence-corrected chi connectivity index (χ2v) is 5.82. The average molecular weight is 380 g/mol. The molecule has 0 aliphatic carbocycles. The zero-order valence-corrected chi connectivity index (χ0v) is 15.3. The molecule has 0 atom stereocenters. The maximum atomic E-state index is 12.4. The zero-order chi connectivity index (χ0) is 19.8. The minimum Gasteiger partial charge on any atom is -0.496 e. The normalized spacial score (nSPS) is 10.2. The van der Waals surface area contributed by atoms with Crippen molar-refractivity contribution in [1.82, 2.24) is 5.32 Å². The third-order valence-corrected chi connectivity index (χ3v) is 3.87. The molecule has 2 N–H and O–H groups in total. The van der Waals surface area contributed by atoms with Gasteiger partial charge in [-0.25, -0.2) is 0 Å². The lowest BCUT2D eigenvalue weighted by molar-refractivity contribution is -0.123. The quantitative estimate of drug-likeness (QED) is 0.626. The Labute approximate surface area is 162 Å². The van der Waals surface area contributed by atoms with Gasteiger partial charge in [0.25, 0.3) is 11.8 Å². The number of furan rings is 1. The topological polar surface area (TPSA) is 89.8 Å². The highest BCUT2D eigenvalue weighted by Crippen LogP contribution is 2.20. The minimum atomic E-state index is -0.275. The fraction of sp³-hybridized carbons (Fsp3) is 0.143. The average Bonchev–Trinajstić information content (AvgIpc) is 3.25. The summed E-state index contributed by atoms with van der Waals surface area (Å²) < 4.78 is 15.8. The van der Waals surface area contributed by atoms with Gasteiger partial charge in [-0.1, -0.05) is 12.1 Å². The van der Waals surface area contributed by atoms with Crippen LogP contribution in [0.1, 0.15) is 16.1 Å². The molecule has 2 aromatic carbocycles. The van der Waals surface area contributed by atoms with E-state index in [4.69, 9.17) is 13.9 Å². The van der Waals surface area contributed by atoms with Crippen molar-refractivity contribution in [2.45, 2.75) is 6.54 Å². The largest absolute Gasteiger partial charge is 0.496 e. The van der Waals surface area contributed by atoms with Crippen LogP contribution < -0.4 is 20.1 Å². The van der Waals surface area contributed by atoms with E-state index < -0.39 is 0 Å². The molecule has 0 fully saturated rings. The van der Waals surface area contributed by atoms with Crippen molar-refractivity contribution < 1.29 is 23.5 Å². The number of amides is 2. The molecule has 0 spiro atoms. The second kappa shape index (κ2) is 9.27. The van der Waals surface area contributed by atoms with Gasteiger partial charge in [0.2, 0.25) is 0 Å². The van der Waals surface area contributed by atoms with E-state index in [0.717, 1.165) is 0 Å². The number of carbonyl (C=O) groups is 2. The fourth-order valence-corrected chi connectivity index (χ4v) is 2.46. The number of carbonyl (C=O) groups excluding carboxylic acids is 2. The van der Waals surface area contributed by atoms with Crippen LogP contribution in [0.4, 0.5) is 5.69 Å². The highest BCUT2D eigenvalue weighted by Gasteiger charge is 2.11. The third kappa shape index (κ3) is 5.14. The van der Waals surface area contributed by atoms with Gasteiger partial charge < -0.3 is 24.5 Å². The number of benzene rings is 2. The molecular weight excluding hydrogens is 360 g/mol. The van der Waals surface area contributed by atoms with Gasteiger partial charge in [0.05, 0.1) is 25.5 Å². The molecule has 1 aromatic heterocycles. The van der Waals surface area contributed by atoms with Crippen LogP contribution in [0, 0.1) is 0 Å². The smallest absolute Gasteiger partial charge is 0.259 e. The lowest BCUT2D eigenvalue weighted by Gasteiger charge is -2.10. The Morgan fingerprint density at radius 3 is 2.50 bits per heavy atom. The van der Waals surface area contributed by atoms with Gasteiger partial charge in [-0.05, 0) is 48.5 Å². The number of hydrogen-bond acceptors (Lipinski definition) is 5. The summed E-state index contributed by atoms with van der Waals surface area (Å²) in [6.07, 6.45) is 1.55. The number of anilines is 1. The van der Waals surface area contributed by atoms with Crippen molar-refractivity contribution in [1.29, 1.82) is 0 Å². The number of rotatable bonds is 8. The molecule has 0 unspecified atom stereocenters. The Hall–Kier alpha value is -3.74. The van der Waals surface area contributed by atoms with Gasteiger partial charge in [0.15, 0.2) is 6.61 Å². The van der Waals surface area contributed by atoms with Crippen LogP contribution >= 0.6 is 0 Å². The van der Waals surface area contributed by atoms with Crippen LogP contribution in [0.25, 0.3) is 0 Å². The summed E-state index contributed by atoms with van der Waals surface area (Å²) in [4.78, 5) is 24.2. The van der Waals surface area contributed by atoms with Crippen LogP contribution in [0.2, 0.25) is 0 Å². The molecule has 7 nitrogen and oxygen atoms in total. The van der Waals surface area contributed by atoms with Crippen molar-refractivity contribution in [2.75, 3.05) is 19.0 Å². The molecule has 1 heterocycles. The monoisotopic (exact) mass is 380 g/mol. The van der Waals surface area contributed by atoms with Gasteiger partial charge in [-0.3, -0.25) is 9.59 Å². The summed E-state index contributed by atoms with van der Waals surface area (Å²) in [5.74, 6) is 1.15. The molecule has 0 radical (unpaired) electrons. The number of hydrogen-bond donors (Lipinski definition) is 2. The number of ether oxygens (including phenoxy) is 2. The summed E-state index contributed by atoms with van der Waals surface area (Å²) in [5.41, 5.74) is 1.05. The van der Waals surface area contributed by atoms with E-state index >= 15 is 0 Å². The van der Waals surface area contributed by atoms with Crippen molar-refractivity contribution in [2.24, 2.45) is 0 Å². The van der Waals surface area contributed by atoms with Crippen LogP contribution in [0.15, 0.2) is 71.3 Å². The Balaban J connectivity index is 1.49. The summed E-state index contributed by atoms with van der Waals surface area (Å²) in [6, 6.07) is 17.3. The minimum absolute atomic E-state index is 0.117. The van der Waals surface area contributed by atoms with E-state index in [1.54, 1.807) is 66.9 Å². The lowest BCUT2D eigenvalue weighted by atomic mass is 10.2. The molecule has 0 saturated carbocycles. The van der Waals surface area contributed by atoms with Crippen LogP contribution in [-0.4, -0.2) is 25.5 Å². The van der Waals surface area contributed by atoms with Crippen molar-refractivity contribution >= 4 is 17.5 Å². The maximum absolute atomic E-state index is 12.4. The Morgan fingerprint density at radius 2 is 1.79 bits per heavy atom. The van der Waals surface area contributed by atoms with Gasteiger partial charge in [-0.15, -0.1) is 0 Å². The van der Waals surface area contributed by atoms with Crippen molar-refractivity contribution in [3.05, 3.63) is 78.3 Å². The maximum Gasteiger partial charge on any atom is 0.259 e. The van der Waals surface area contributed by atoms with Crippen molar-refractivity contribution in [3.63, 3.8) is 0 Å². The van der Waals surface area contributed by atoms with E-state index in [0.29, 0.717) is 35.1 Å². The lowest BCUT2D eigenvalue weighted by Crippen LogP contribution is -2.28. The Kier molecular flexibility index (Phi) is 6.30. The molecule has 3 aromatic rings. The highest BCUT2D eigenvalue weighted by molar-refractivity contribution is 6.06. The first kappa shape index (κ1) is 19.0. The Morgan fingerprint density at radius 1 is 1.00 bits per heavy atom. The molecule has 0 aliphatic rings. The third-order valence-electron chi connectivity index (χ3n) is 3.87. The standard InChI is InChI=1S/C21H20N2O5/c1-26-19-7-3-2-6-18(19)21(25)23-15-8-10-16(11-9-15)28-14-20(24)22-13-17-5-4-12-27-17/h2-12H,13-14H2,1H3,(H,22,24)(H,23,25). The second-order valence-electron chi connectivity index (χ2n) is 5.82. The molecule has 144 valence electrons. The first-order valence-electron chi connectivity index (χ1n) is 8.62. The zero-order valence-electron chi connectivity index (χ0n) is 15.3. The van der Waals surface area contributed by atoms with E-state index in [9.17, 15) is 9.59 Å². The number of methoxy groups -OCH3 is 1. The predicted molar refractivity (Wildman–Crippen MR) is 103 cm³/mol. The van der Waals surface area contributed by atoms with E-state index in [1.165, 1.54) is 7.11 Å². The molecule has 0 bridgehead atoms. The number of para-hydroxylation sites is 1. The molecule has 7 heteroatoms.